The normalized spacial score (nSPS) is 10.5. The fourth-order valence-electron chi connectivity index (χ4n) is 2.74. The molecule has 9 nitrogen and oxygen atoms in total. The highest BCUT2D eigenvalue weighted by Gasteiger charge is 2.19. The third kappa shape index (κ3) is 4.40. The minimum Gasteiger partial charge on any atom is -0.497 e. The number of ether oxygens (including phenoxy) is 2. The topological polar surface area (TPSA) is 124 Å². The maximum atomic E-state index is 12.9. The van der Waals surface area contributed by atoms with Crippen molar-refractivity contribution < 1.29 is 24.2 Å². The molecule has 31 heavy (non-hydrogen) atoms. The van der Waals surface area contributed by atoms with Crippen LogP contribution in [-0.4, -0.2) is 39.0 Å². The predicted molar refractivity (Wildman–Crippen MR) is 112 cm³/mol. The molecular formula is C22H16N4O5. The Kier molecular flexibility index (Phi) is 5.39. The quantitative estimate of drug-likeness (QED) is 0.487. The highest BCUT2D eigenvalue weighted by Crippen LogP contribution is 2.27. The third-order valence-corrected chi connectivity index (χ3v) is 4.27. The van der Waals surface area contributed by atoms with Crippen molar-refractivity contribution in [1.29, 1.82) is 0 Å². The molecule has 1 amide bonds. The number of rotatable bonds is 6. The van der Waals surface area contributed by atoms with Crippen LogP contribution >= 0.6 is 0 Å². The van der Waals surface area contributed by atoms with Gasteiger partial charge in [0.2, 0.25) is 0 Å². The van der Waals surface area contributed by atoms with E-state index in [2.05, 4.69) is 20.3 Å². The van der Waals surface area contributed by atoms with Gasteiger partial charge in [-0.25, -0.2) is 19.7 Å². The van der Waals surface area contributed by atoms with Crippen molar-refractivity contribution in [3.8, 4) is 17.4 Å². The van der Waals surface area contributed by atoms with Crippen LogP contribution in [-0.2, 0) is 0 Å². The summed E-state index contributed by atoms with van der Waals surface area (Å²) < 4.78 is 11.0. The Morgan fingerprint density at radius 1 is 0.903 bits per heavy atom. The fourth-order valence-corrected chi connectivity index (χ4v) is 2.74. The third-order valence-electron chi connectivity index (χ3n) is 4.27. The number of anilines is 1. The van der Waals surface area contributed by atoms with Gasteiger partial charge in [0.1, 0.15) is 17.2 Å². The lowest BCUT2D eigenvalue weighted by Gasteiger charge is -2.11. The highest BCUT2D eigenvalue weighted by molar-refractivity contribution is 6.05. The first-order chi connectivity index (χ1) is 15.0. The molecule has 2 aromatic heterocycles. The number of aromatic carboxylic acids is 1. The van der Waals surface area contributed by atoms with Crippen LogP contribution in [0.1, 0.15) is 21.0 Å². The van der Waals surface area contributed by atoms with E-state index in [0.717, 1.165) is 0 Å². The summed E-state index contributed by atoms with van der Waals surface area (Å²) in [4.78, 5) is 36.5. The molecule has 2 heterocycles. The summed E-state index contributed by atoms with van der Waals surface area (Å²) in [5.41, 5.74) is 1.23. The van der Waals surface area contributed by atoms with E-state index < -0.39 is 11.9 Å². The zero-order valence-corrected chi connectivity index (χ0v) is 16.3. The summed E-state index contributed by atoms with van der Waals surface area (Å²) >= 11 is 0. The van der Waals surface area contributed by atoms with Crippen LogP contribution in [0.25, 0.3) is 11.0 Å². The van der Waals surface area contributed by atoms with Crippen molar-refractivity contribution in [2.45, 2.75) is 0 Å². The molecule has 4 aromatic rings. The summed E-state index contributed by atoms with van der Waals surface area (Å²) in [6, 6.07) is 16.6. The fraction of sp³-hybridized carbons (Fsp3) is 0.0455. The van der Waals surface area contributed by atoms with Crippen LogP contribution < -0.4 is 14.8 Å². The van der Waals surface area contributed by atoms with Crippen LogP contribution in [0.3, 0.4) is 0 Å². The molecule has 4 rings (SSSR count). The van der Waals surface area contributed by atoms with E-state index >= 15 is 0 Å². The van der Waals surface area contributed by atoms with E-state index in [4.69, 9.17) is 14.6 Å². The van der Waals surface area contributed by atoms with Gasteiger partial charge in [-0.3, -0.25) is 4.79 Å². The Morgan fingerprint density at radius 2 is 1.58 bits per heavy atom. The Bertz CT molecular complexity index is 1260. The van der Waals surface area contributed by atoms with E-state index in [0.29, 0.717) is 28.2 Å². The van der Waals surface area contributed by atoms with Gasteiger partial charge in [-0.1, -0.05) is 12.1 Å². The summed E-state index contributed by atoms with van der Waals surface area (Å²) in [7, 11) is 1.56. The van der Waals surface area contributed by atoms with E-state index in [1.807, 2.05) is 6.07 Å². The largest absolute Gasteiger partial charge is 0.497 e. The lowest BCUT2D eigenvalue weighted by atomic mass is 10.2. The van der Waals surface area contributed by atoms with Crippen molar-refractivity contribution in [3.63, 3.8) is 0 Å². The first-order valence-corrected chi connectivity index (χ1v) is 9.13. The molecule has 0 saturated carbocycles. The predicted octanol–water partition coefficient (Wildman–Crippen LogP) is 3.78. The maximum absolute atomic E-state index is 12.9. The zero-order valence-electron chi connectivity index (χ0n) is 16.3. The van der Waals surface area contributed by atoms with Gasteiger partial charge in [0.05, 0.1) is 30.0 Å². The number of carbonyl (C=O) groups excluding carboxylic acids is 1. The van der Waals surface area contributed by atoms with Crippen molar-refractivity contribution in [2.75, 3.05) is 12.4 Å². The molecular weight excluding hydrogens is 400 g/mol. The average Bonchev–Trinajstić information content (AvgIpc) is 2.79. The second kappa shape index (κ2) is 8.46. The Labute approximate surface area is 176 Å². The SMILES string of the molecule is COc1ccc(Oc2nc3ccccc3nc2C(=O)Nc2ccc(C(=O)O)nc2)cc1. The van der Waals surface area contributed by atoms with Gasteiger partial charge in [-0.2, -0.15) is 0 Å². The van der Waals surface area contributed by atoms with Gasteiger partial charge in [-0.05, 0) is 48.5 Å². The van der Waals surface area contributed by atoms with Crippen molar-refractivity contribution in [1.82, 2.24) is 15.0 Å². The highest BCUT2D eigenvalue weighted by atomic mass is 16.5. The smallest absolute Gasteiger partial charge is 0.354 e. The molecule has 2 N–H and O–H groups in total. The van der Waals surface area contributed by atoms with Crippen molar-refractivity contribution in [2.24, 2.45) is 0 Å². The van der Waals surface area contributed by atoms with Gasteiger partial charge in [-0.15, -0.1) is 0 Å². The van der Waals surface area contributed by atoms with Gasteiger partial charge < -0.3 is 19.9 Å². The maximum Gasteiger partial charge on any atom is 0.354 e. The summed E-state index contributed by atoms with van der Waals surface area (Å²) in [6.45, 7) is 0. The molecule has 0 unspecified atom stereocenters. The van der Waals surface area contributed by atoms with Crippen LogP contribution in [0.2, 0.25) is 0 Å². The molecule has 0 aliphatic rings. The number of hydrogen-bond acceptors (Lipinski definition) is 7. The number of nitrogens with zero attached hydrogens (tertiary/aromatic N) is 3. The first kappa shape index (κ1) is 19.8. The molecule has 0 atom stereocenters. The number of benzene rings is 2. The molecule has 0 aliphatic carbocycles. The second-order valence-electron chi connectivity index (χ2n) is 6.34. The van der Waals surface area contributed by atoms with E-state index in [1.54, 1.807) is 49.6 Å². The molecule has 0 spiro atoms. The number of nitrogens with one attached hydrogen (secondary N) is 1. The molecule has 9 heteroatoms. The molecule has 0 radical (unpaired) electrons. The number of methoxy groups -OCH3 is 1. The molecule has 0 bridgehead atoms. The molecule has 0 aliphatic heterocycles. The lowest BCUT2D eigenvalue weighted by Crippen LogP contribution is -2.16. The number of fused-ring (bicyclic) bond motifs is 1. The van der Waals surface area contributed by atoms with Gasteiger partial charge in [0.25, 0.3) is 11.8 Å². The Hall–Kier alpha value is -4.53. The first-order valence-electron chi connectivity index (χ1n) is 9.13. The average molecular weight is 416 g/mol. The standard InChI is InChI=1S/C22H16N4O5/c1-30-14-7-9-15(10-8-14)31-21-19(25-16-4-2-3-5-17(16)26-21)20(27)24-13-6-11-18(22(28)29)23-12-13/h2-12H,1H3,(H,24,27)(H,28,29). The Balaban J connectivity index is 1.67. The molecule has 154 valence electrons. The number of para-hydroxylation sites is 2. The van der Waals surface area contributed by atoms with E-state index in [9.17, 15) is 9.59 Å². The molecule has 2 aromatic carbocycles. The van der Waals surface area contributed by atoms with Gasteiger partial charge in [0, 0.05) is 0 Å². The number of aromatic nitrogens is 3. The number of carboxylic acids is 1. The van der Waals surface area contributed by atoms with Crippen LogP contribution in [0.5, 0.6) is 17.4 Å². The minimum absolute atomic E-state index is 0.0245. The zero-order chi connectivity index (χ0) is 21.8. The monoisotopic (exact) mass is 416 g/mol. The van der Waals surface area contributed by atoms with Crippen LogP contribution in [0, 0.1) is 0 Å². The molecule has 0 saturated heterocycles. The second-order valence-corrected chi connectivity index (χ2v) is 6.34. The number of pyridine rings is 1. The van der Waals surface area contributed by atoms with Crippen molar-refractivity contribution in [3.05, 3.63) is 78.2 Å². The lowest BCUT2D eigenvalue weighted by molar-refractivity contribution is 0.0690. The van der Waals surface area contributed by atoms with E-state index in [1.165, 1.54) is 18.3 Å². The van der Waals surface area contributed by atoms with Crippen LogP contribution in [0.15, 0.2) is 66.9 Å². The van der Waals surface area contributed by atoms with Crippen molar-refractivity contribution >= 4 is 28.6 Å². The minimum atomic E-state index is -1.16. The summed E-state index contributed by atoms with van der Waals surface area (Å²) in [5.74, 6) is -0.601. The van der Waals surface area contributed by atoms with Gasteiger partial charge in [0.15, 0.2) is 5.69 Å². The van der Waals surface area contributed by atoms with Crippen LogP contribution in [0.4, 0.5) is 5.69 Å². The van der Waals surface area contributed by atoms with Gasteiger partial charge >= 0.3 is 5.97 Å². The number of hydrogen-bond donors (Lipinski definition) is 2. The number of carbonyl (C=O) groups is 2. The summed E-state index contributed by atoms with van der Waals surface area (Å²) in [5, 5.41) is 11.6. The number of amides is 1. The van der Waals surface area contributed by atoms with E-state index in [-0.39, 0.29) is 17.3 Å². The summed E-state index contributed by atoms with van der Waals surface area (Å²) in [6.07, 6.45) is 1.25. The Morgan fingerprint density at radius 3 is 2.19 bits per heavy atom. The molecule has 0 fully saturated rings. The number of carboxylic acid groups (broad SMARTS) is 1.